The van der Waals surface area contributed by atoms with Crippen molar-refractivity contribution >= 4 is 15.9 Å². The van der Waals surface area contributed by atoms with Crippen LogP contribution < -0.4 is 4.74 Å². The highest BCUT2D eigenvalue weighted by Gasteiger charge is 2.29. The molecule has 1 N–H and O–H groups in total. The van der Waals surface area contributed by atoms with Gasteiger partial charge in [-0.15, -0.1) is 0 Å². The first-order valence-corrected chi connectivity index (χ1v) is 6.79. The summed E-state index contributed by atoms with van der Waals surface area (Å²) in [6.07, 6.45) is 1.34. The zero-order valence-corrected chi connectivity index (χ0v) is 12.1. The summed E-state index contributed by atoms with van der Waals surface area (Å²) in [5, 5.41) is 10.1. The lowest BCUT2D eigenvalue weighted by Crippen LogP contribution is -2.29. The molecule has 0 bridgehead atoms. The largest absolute Gasteiger partial charge is 0.490 e. The number of halogens is 1. The second-order valence-electron chi connectivity index (χ2n) is 5.94. The molecule has 17 heavy (non-hydrogen) atoms. The smallest absolute Gasteiger partial charge is 0.126 e. The Labute approximate surface area is 111 Å². The number of rotatable bonds is 1. The molecule has 1 aromatic rings. The summed E-state index contributed by atoms with van der Waals surface area (Å²) >= 11 is 3.43. The molecule has 0 amide bonds. The van der Waals surface area contributed by atoms with Gasteiger partial charge in [0.05, 0.1) is 6.10 Å². The topological polar surface area (TPSA) is 29.5 Å². The molecule has 1 unspecified atom stereocenters. The van der Waals surface area contributed by atoms with E-state index in [1.54, 1.807) is 0 Å². The Balaban J connectivity index is 2.20. The molecule has 94 valence electrons. The van der Waals surface area contributed by atoms with Crippen molar-refractivity contribution in [3.63, 3.8) is 0 Å². The van der Waals surface area contributed by atoms with Crippen LogP contribution >= 0.6 is 15.9 Å². The van der Waals surface area contributed by atoms with E-state index in [2.05, 4.69) is 36.7 Å². The predicted octanol–water partition coefficient (Wildman–Crippen LogP) is 4.07. The van der Waals surface area contributed by atoms with Crippen LogP contribution in [0.3, 0.4) is 0 Å². The fraction of sp³-hybridized carbons (Fsp3) is 0.571. The summed E-state index contributed by atoms with van der Waals surface area (Å²) < 4.78 is 6.96. The van der Waals surface area contributed by atoms with Crippen LogP contribution in [-0.4, -0.2) is 11.2 Å². The number of hydrogen-bond donors (Lipinski definition) is 1. The van der Waals surface area contributed by atoms with E-state index in [0.717, 1.165) is 22.2 Å². The zero-order chi connectivity index (χ0) is 12.6. The van der Waals surface area contributed by atoms with Crippen molar-refractivity contribution in [2.45, 2.75) is 45.8 Å². The Morgan fingerprint density at radius 1 is 1.41 bits per heavy atom. The summed E-state index contributed by atoms with van der Waals surface area (Å²) in [6.45, 7) is 6.58. The van der Waals surface area contributed by atoms with E-state index >= 15 is 0 Å². The number of benzene rings is 1. The van der Waals surface area contributed by atoms with Crippen molar-refractivity contribution in [2.75, 3.05) is 0 Å². The fourth-order valence-electron chi connectivity index (χ4n) is 2.30. The number of ether oxygens (including phenoxy) is 1. The minimum atomic E-state index is -0.404. The lowest BCUT2D eigenvalue weighted by atomic mass is 9.85. The first-order chi connectivity index (χ1) is 7.85. The fourth-order valence-corrected chi connectivity index (χ4v) is 2.64. The van der Waals surface area contributed by atoms with Crippen LogP contribution in [0.5, 0.6) is 5.75 Å². The molecule has 0 aromatic heterocycles. The summed E-state index contributed by atoms with van der Waals surface area (Å²) in [4.78, 5) is 0. The van der Waals surface area contributed by atoms with Gasteiger partial charge in [-0.3, -0.25) is 0 Å². The summed E-state index contributed by atoms with van der Waals surface area (Å²) in [7, 11) is 0. The molecule has 1 aromatic carbocycles. The maximum Gasteiger partial charge on any atom is 0.126 e. The van der Waals surface area contributed by atoms with Crippen molar-refractivity contribution in [1.29, 1.82) is 0 Å². The highest BCUT2D eigenvalue weighted by atomic mass is 79.9. The van der Waals surface area contributed by atoms with E-state index in [1.165, 1.54) is 0 Å². The van der Waals surface area contributed by atoms with Gasteiger partial charge in [0.2, 0.25) is 0 Å². The normalized spacial score (nSPS) is 24.1. The van der Waals surface area contributed by atoms with Crippen LogP contribution in [0.25, 0.3) is 0 Å². The lowest BCUT2D eigenvalue weighted by molar-refractivity contribution is 0.0447. The van der Waals surface area contributed by atoms with Crippen LogP contribution in [0.1, 0.15) is 45.3 Å². The SMILES string of the molecule is CC(C)(C)CC1C[C@H](O)c2ccc(Br)cc2O1. The maximum atomic E-state index is 10.1. The molecule has 2 atom stereocenters. The molecule has 0 aliphatic carbocycles. The summed E-state index contributed by atoms with van der Waals surface area (Å²) in [5.41, 5.74) is 1.12. The molecule has 0 saturated carbocycles. The maximum absolute atomic E-state index is 10.1. The molecule has 1 aliphatic rings. The zero-order valence-electron chi connectivity index (χ0n) is 10.5. The third-order valence-electron chi connectivity index (χ3n) is 2.95. The number of aliphatic hydroxyl groups excluding tert-OH is 1. The first kappa shape index (κ1) is 12.9. The van der Waals surface area contributed by atoms with E-state index in [4.69, 9.17) is 4.74 Å². The molecule has 0 spiro atoms. The third kappa shape index (κ3) is 3.23. The first-order valence-electron chi connectivity index (χ1n) is 5.99. The monoisotopic (exact) mass is 298 g/mol. The average molecular weight is 299 g/mol. The van der Waals surface area contributed by atoms with Crippen molar-refractivity contribution in [1.82, 2.24) is 0 Å². The van der Waals surface area contributed by atoms with E-state index in [9.17, 15) is 5.11 Å². The summed E-state index contributed by atoms with van der Waals surface area (Å²) in [5.74, 6) is 0.812. The Morgan fingerprint density at radius 2 is 2.12 bits per heavy atom. The Kier molecular flexibility index (Phi) is 3.50. The highest BCUT2D eigenvalue weighted by Crippen LogP contribution is 2.39. The van der Waals surface area contributed by atoms with Crippen LogP contribution in [0.2, 0.25) is 0 Å². The molecule has 0 saturated heterocycles. The van der Waals surface area contributed by atoms with Gasteiger partial charge >= 0.3 is 0 Å². The van der Waals surface area contributed by atoms with Gasteiger partial charge in [0, 0.05) is 16.5 Å². The van der Waals surface area contributed by atoms with Crippen molar-refractivity contribution in [3.05, 3.63) is 28.2 Å². The van der Waals surface area contributed by atoms with Gasteiger partial charge in [-0.1, -0.05) is 42.8 Å². The van der Waals surface area contributed by atoms with E-state index in [-0.39, 0.29) is 11.5 Å². The Bertz CT molecular complexity index is 409. The Morgan fingerprint density at radius 3 is 2.76 bits per heavy atom. The van der Waals surface area contributed by atoms with Crippen LogP contribution in [0.15, 0.2) is 22.7 Å². The molecule has 2 rings (SSSR count). The van der Waals surface area contributed by atoms with Gasteiger partial charge in [0.1, 0.15) is 11.9 Å². The molecule has 0 radical (unpaired) electrons. The third-order valence-corrected chi connectivity index (χ3v) is 3.45. The molecule has 3 heteroatoms. The predicted molar refractivity (Wildman–Crippen MR) is 72.2 cm³/mol. The van der Waals surface area contributed by atoms with Crippen LogP contribution in [-0.2, 0) is 0 Å². The Hall–Kier alpha value is -0.540. The van der Waals surface area contributed by atoms with Gasteiger partial charge in [-0.25, -0.2) is 0 Å². The van der Waals surface area contributed by atoms with Crippen LogP contribution in [0.4, 0.5) is 0 Å². The van der Waals surface area contributed by atoms with Crippen molar-refractivity contribution in [3.8, 4) is 5.75 Å². The second kappa shape index (κ2) is 4.62. The minimum Gasteiger partial charge on any atom is -0.490 e. The van der Waals surface area contributed by atoms with Crippen molar-refractivity contribution in [2.24, 2.45) is 5.41 Å². The minimum absolute atomic E-state index is 0.104. The van der Waals surface area contributed by atoms with Crippen LogP contribution in [0, 0.1) is 5.41 Å². The second-order valence-corrected chi connectivity index (χ2v) is 6.85. The summed E-state index contributed by atoms with van der Waals surface area (Å²) in [6, 6.07) is 5.81. The molecule has 1 aliphatic heterocycles. The molecular formula is C14H19BrO2. The van der Waals surface area contributed by atoms with Gasteiger partial charge in [0.25, 0.3) is 0 Å². The van der Waals surface area contributed by atoms with Gasteiger partial charge in [0.15, 0.2) is 0 Å². The van der Waals surface area contributed by atoms with E-state index in [0.29, 0.717) is 6.42 Å². The molecule has 0 fully saturated rings. The van der Waals surface area contributed by atoms with Gasteiger partial charge < -0.3 is 9.84 Å². The molecule has 1 heterocycles. The number of hydrogen-bond acceptors (Lipinski definition) is 2. The van der Waals surface area contributed by atoms with Gasteiger partial charge in [-0.2, -0.15) is 0 Å². The number of aliphatic hydroxyl groups is 1. The van der Waals surface area contributed by atoms with E-state index in [1.807, 2.05) is 18.2 Å². The quantitative estimate of drug-likeness (QED) is 0.847. The lowest BCUT2D eigenvalue weighted by Gasteiger charge is -2.33. The molecule has 2 nitrogen and oxygen atoms in total. The van der Waals surface area contributed by atoms with Gasteiger partial charge in [-0.05, 0) is 24.0 Å². The highest BCUT2D eigenvalue weighted by molar-refractivity contribution is 9.10. The average Bonchev–Trinajstić information content (AvgIpc) is 2.13. The van der Waals surface area contributed by atoms with E-state index < -0.39 is 6.10 Å². The van der Waals surface area contributed by atoms with Crippen molar-refractivity contribution < 1.29 is 9.84 Å². The standard InChI is InChI=1S/C14H19BrO2/c1-14(2,3)8-10-7-12(16)11-5-4-9(15)6-13(11)17-10/h4-6,10,12,16H,7-8H2,1-3H3/t10?,12-/m0/s1. The molecular weight excluding hydrogens is 280 g/mol. The number of fused-ring (bicyclic) bond motifs is 1.